The molecule has 2 rings (SSSR count). The van der Waals surface area contributed by atoms with Crippen molar-refractivity contribution in [3.05, 3.63) is 68.3 Å². The molecule has 0 aliphatic heterocycles. The third-order valence-electron chi connectivity index (χ3n) is 2.99. The number of rotatable bonds is 2. The van der Waals surface area contributed by atoms with Crippen LogP contribution in [-0.2, 0) is 0 Å². The van der Waals surface area contributed by atoms with E-state index in [2.05, 4.69) is 78.9 Å². The van der Waals surface area contributed by atoms with Gasteiger partial charge in [0.05, 0.1) is 6.04 Å². The van der Waals surface area contributed by atoms with Crippen molar-refractivity contribution < 1.29 is 0 Å². The van der Waals surface area contributed by atoms with E-state index in [0.29, 0.717) is 0 Å². The van der Waals surface area contributed by atoms with Gasteiger partial charge in [0, 0.05) is 3.57 Å². The van der Waals surface area contributed by atoms with Crippen LogP contribution in [0.4, 0.5) is 0 Å². The van der Waals surface area contributed by atoms with Gasteiger partial charge >= 0.3 is 0 Å². The molecule has 0 amide bonds. The standard InChI is InChI=1S/C15H16IN/c1-10-3-8-14(11(2)9-10)15(17)12-4-6-13(16)7-5-12/h3-9,15H,17H2,1-2H3. The second-order valence-electron chi connectivity index (χ2n) is 4.39. The lowest BCUT2D eigenvalue weighted by Gasteiger charge is -2.15. The molecule has 0 spiro atoms. The van der Waals surface area contributed by atoms with Gasteiger partial charge in [-0.15, -0.1) is 0 Å². The zero-order chi connectivity index (χ0) is 12.4. The van der Waals surface area contributed by atoms with Crippen LogP contribution in [0.15, 0.2) is 42.5 Å². The molecule has 1 unspecified atom stereocenters. The summed E-state index contributed by atoms with van der Waals surface area (Å²) in [6.07, 6.45) is 0. The van der Waals surface area contributed by atoms with E-state index in [-0.39, 0.29) is 6.04 Å². The summed E-state index contributed by atoms with van der Waals surface area (Å²) in [5, 5.41) is 0. The minimum atomic E-state index is -0.0346. The smallest absolute Gasteiger partial charge is 0.0554 e. The maximum Gasteiger partial charge on any atom is 0.0554 e. The summed E-state index contributed by atoms with van der Waals surface area (Å²) in [5.74, 6) is 0. The van der Waals surface area contributed by atoms with Crippen molar-refractivity contribution in [3.63, 3.8) is 0 Å². The number of nitrogens with two attached hydrogens (primary N) is 1. The van der Waals surface area contributed by atoms with Gasteiger partial charge < -0.3 is 5.73 Å². The summed E-state index contributed by atoms with van der Waals surface area (Å²) in [5.41, 5.74) is 11.2. The Labute approximate surface area is 116 Å². The Morgan fingerprint density at radius 2 is 1.65 bits per heavy atom. The molecule has 2 aromatic rings. The lowest BCUT2D eigenvalue weighted by molar-refractivity contribution is 0.860. The largest absolute Gasteiger partial charge is 0.320 e. The van der Waals surface area contributed by atoms with Crippen molar-refractivity contribution in [2.45, 2.75) is 19.9 Å². The Balaban J connectivity index is 2.36. The Hall–Kier alpha value is -0.870. The molecule has 0 aromatic heterocycles. The van der Waals surface area contributed by atoms with Crippen molar-refractivity contribution in [2.75, 3.05) is 0 Å². The Morgan fingerprint density at radius 3 is 2.24 bits per heavy atom. The average Bonchev–Trinajstić information content (AvgIpc) is 2.29. The molecule has 2 heteroatoms. The number of halogens is 1. The zero-order valence-electron chi connectivity index (χ0n) is 10.1. The molecule has 0 saturated heterocycles. The zero-order valence-corrected chi connectivity index (χ0v) is 12.2. The molecule has 0 heterocycles. The van der Waals surface area contributed by atoms with E-state index in [4.69, 9.17) is 5.73 Å². The van der Waals surface area contributed by atoms with E-state index in [1.165, 1.54) is 20.3 Å². The predicted molar refractivity (Wildman–Crippen MR) is 81.1 cm³/mol. The van der Waals surface area contributed by atoms with E-state index in [1.54, 1.807) is 0 Å². The van der Waals surface area contributed by atoms with Crippen LogP contribution >= 0.6 is 22.6 Å². The van der Waals surface area contributed by atoms with Gasteiger partial charge in [0.25, 0.3) is 0 Å². The Kier molecular flexibility index (Phi) is 3.84. The normalized spacial score (nSPS) is 12.5. The highest BCUT2D eigenvalue weighted by atomic mass is 127. The van der Waals surface area contributed by atoms with E-state index in [9.17, 15) is 0 Å². The van der Waals surface area contributed by atoms with E-state index in [1.807, 2.05) is 0 Å². The van der Waals surface area contributed by atoms with Crippen molar-refractivity contribution in [1.82, 2.24) is 0 Å². The number of aryl methyl sites for hydroxylation is 2. The van der Waals surface area contributed by atoms with Gasteiger partial charge in [0.2, 0.25) is 0 Å². The van der Waals surface area contributed by atoms with Crippen LogP contribution in [0, 0.1) is 17.4 Å². The number of hydrogen-bond donors (Lipinski definition) is 1. The van der Waals surface area contributed by atoms with Crippen molar-refractivity contribution in [1.29, 1.82) is 0 Å². The molecule has 0 saturated carbocycles. The summed E-state index contributed by atoms with van der Waals surface area (Å²) in [6.45, 7) is 4.22. The highest BCUT2D eigenvalue weighted by Crippen LogP contribution is 2.23. The first-order valence-electron chi connectivity index (χ1n) is 5.66. The first kappa shape index (κ1) is 12.6. The molecule has 2 N–H and O–H groups in total. The van der Waals surface area contributed by atoms with E-state index >= 15 is 0 Å². The van der Waals surface area contributed by atoms with Crippen LogP contribution in [0.3, 0.4) is 0 Å². The summed E-state index contributed by atoms with van der Waals surface area (Å²) in [7, 11) is 0. The van der Waals surface area contributed by atoms with Crippen LogP contribution in [-0.4, -0.2) is 0 Å². The second-order valence-corrected chi connectivity index (χ2v) is 5.63. The second kappa shape index (κ2) is 5.19. The number of hydrogen-bond acceptors (Lipinski definition) is 1. The predicted octanol–water partition coefficient (Wildman–Crippen LogP) is 3.96. The molecule has 17 heavy (non-hydrogen) atoms. The van der Waals surface area contributed by atoms with Crippen LogP contribution < -0.4 is 5.73 Å². The maximum atomic E-state index is 6.31. The lowest BCUT2D eigenvalue weighted by Crippen LogP contribution is -2.13. The monoisotopic (exact) mass is 337 g/mol. The molecule has 0 bridgehead atoms. The van der Waals surface area contributed by atoms with Gasteiger partial charge in [0.1, 0.15) is 0 Å². The summed E-state index contributed by atoms with van der Waals surface area (Å²) >= 11 is 2.30. The average molecular weight is 337 g/mol. The minimum absolute atomic E-state index is 0.0346. The maximum absolute atomic E-state index is 6.31. The first-order chi connectivity index (χ1) is 8.08. The van der Waals surface area contributed by atoms with Gasteiger partial charge in [-0.25, -0.2) is 0 Å². The first-order valence-corrected chi connectivity index (χ1v) is 6.74. The highest BCUT2D eigenvalue weighted by molar-refractivity contribution is 14.1. The third-order valence-corrected chi connectivity index (χ3v) is 3.71. The van der Waals surface area contributed by atoms with E-state index in [0.717, 1.165) is 5.56 Å². The molecular weight excluding hydrogens is 321 g/mol. The summed E-state index contributed by atoms with van der Waals surface area (Å²) in [4.78, 5) is 0. The lowest BCUT2D eigenvalue weighted by atomic mass is 9.95. The van der Waals surface area contributed by atoms with Gasteiger partial charge in [-0.1, -0.05) is 35.9 Å². The Morgan fingerprint density at radius 1 is 1.00 bits per heavy atom. The van der Waals surface area contributed by atoms with Crippen molar-refractivity contribution in [2.24, 2.45) is 5.73 Å². The van der Waals surface area contributed by atoms with Crippen LogP contribution in [0.5, 0.6) is 0 Å². The van der Waals surface area contributed by atoms with Crippen molar-refractivity contribution in [3.8, 4) is 0 Å². The summed E-state index contributed by atoms with van der Waals surface area (Å²) in [6, 6.07) is 14.8. The summed E-state index contributed by atoms with van der Waals surface area (Å²) < 4.78 is 1.24. The molecule has 1 atom stereocenters. The molecule has 0 fully saturated rings. The van der Waals surface area contributed by atoms with E-state index < -0.39 is 0 Å². The van der Waals surface area contributed by atoms with Crippen molar-refractivity contribution >= 4 is 22.6 Å². The molecular formula is C15H16IN. The van der Waals surface area contributed by atoms with Crippen LogP contribution in [0.1, 0.15) is 28.3 Å². The SMILES string of the molecule is Cc1ccc(C(N)c2ccc(I)cc2)c(C)c1. The van der Waals surface area contributed by atoms with Gasteiger partial charge in [-0.2, -0.15) is 0 Å². The van der Waals surface area contributed by atoms with Gasteiger partial charge in [-0.3, -0.25) is 0 Å². The van der Waals surface area contributed by atoms with Crippen LogP contribution in [0.2, 0.25) is 0 Å². The molecule has 88 valence electrons. The third kappa shape index (κ3) is 2.87. The molecule has 1 nitrogen and oxygen atoms in total. The van der Waals surface area contributed by atoms with Gasteiger partial charge in [-0.05, 0) is 65.3 Å². The molecule has 0 aliphatic carbocycles. The fourth-order valence-electron chi connectivity index (χ4n) is 2.02. The quantitative estimate of drug-likeness (QED) is 0.825. The Bertz CT molecular complexity index is 517. The number of benzene rings is 2. The highest BCUT2D eigenvalue weighted by Gasteiger charge is 2.10. The minimum Gasteiger partial charge on any atom is -0.320 e. The molecule has 0 radical (unpaired) electrons. The molecule has 2 aromatic carbocycles. The van der Waals surface area contributed by atoms with Gasteiger partial charge in [0.15, 0.2) is 0 Å². The fourth-order valence-corrected chi connectivity index (χ4v) is 2.38. The molecule has 0 aliphatic rings. The van der Waals surface area contributed by atoms with Crippen LogP contribution in [0.25, 0.3) is 0 Å². The topological polar surface area (TPSA) is 26.0 Å². The fraction of sp³-hybridized carbons (Fsp3) is 0.200.